The third-order valence-electron chi connectivity index (χ3n) is 2.38. The number of rotatable bonds is 4. The molecule has 3 nitrogen and oxygen atoms in total. The molecular weight excluding hydrogens is 262 g/mol. The van der Waals surface area contributed by atoms with Crippen molar-refractivity contribution in [2.45, 2.75) is 20.0 Å². The van der Waals surface area contributed by atoms with E-state index in [1.54, 1.807) is 18.2 Å². The van der Waals surface area contributed by atoms with Gasteiger partial charge in [-0.25, -0.2) is 0 Å². The van der Waals surface area contributed by atoms with Crippen molar-refractivity contribution in [1.29, 1.82) is 0 Å². The van der Waals surface area contributed by atoms with E-state index in [9.17, 15) is 0 Å². The molecule has 4 heteroatoms. The van der Waals surface area contributed by atoms with Crippen LogP contribution < -0.4 is 15.2 Å². The molecule has 0 bridgehead atoms. The second-order valence-corrected chi connectivity index (χ2v) is 4.84. The van der Waals surface area contributed by atoms with Gasteiger partial charge in [0.05, 0.1) is 11.1 Å². The van der Waals surface area contributed by atoms with Gasteiger partial charge in [-0.1, -0.05) is 11.6 Å². The van der Waals surface area contributed by atoms with Gasteiger partial charge in [0.25, 0.3) is 0 Å². The molecule has 19 heavy (non-hydrogen) atoms. The van der Waals surface area contributed by atoms with Gasteiger partial charge in [0.2, 0.25) is 0 Å². The highest BCUT2D eigenvalue weighted by Crippen LogP contribution is 2.31. The van der Waals surface area contributed by atoms with Crippen molar-refractivity contribution in [3.8, 4) is 17.2 Å². The molecule has 0 atom stereocenters. The Labute approximate surface area is 117 Å². The molecule has 0 radical (unpaired) electrons. The monoisotopic (exact) mass is 277 g/mol. The van der Waals surface area contributed by atoms with Crippen LogP contribution >= 0.6 is 11.6 Å². The molecule has 0 fully saturated rings. The zero-order valence-electron chi connectivity index (χ0n) is 10.9. The Kier molecular flexibility index (Phi) is 4.17. The Morgan fingerprint density at radius 1 is 1.00 bits per heavy atom. The van der Waals surface area contributed by atoms with Crippen molar-refractivity contribution < 1.29 is 9.47 Å². The Bertz CT molecular complexity index is 553. The van der Waals surface area contributed by atoms with E-state index in [1.807, 2.05) is 38.1 Å². The minimum atomic E-state index is 0.151. The molecule has 0 saturated carbocycles. The molecule has 0 spiro atoms. The molecule has 0 heterocycles. The number of hydrogen-bond acceptors (Lipinski definition) is 3. The third-order valence-corrected chi connectivity index (χ3v) is 2.67. The number of nitrogens with two attached hydrogens (primary N) is 1. The molecule has 0 aliphatic carbocycles. The van der Waals surface area contributed by atoms with Gasteiger partial charge in [0.1, 0.15) is 17.2 Å². The first kappa shape index (κ1) is 13.6. The van der Waals surface area contributed by atoms with Crippen LogP contribution in [0.4, 0.5) is 5.69 Å². The zero-order chi connectivity index (χ0) is 13.8. The highest BCUT2D eigenvalue weighted by Gasteiger charge is 2.04. The van der Waals surface area contributed by atoms with Crippen LogP contribution in [0.3, 0.4) is 0 Å². The molecule has 2 rings (SSSR count). The van der Waals surface area contributed by atoms with E-state index < -0.39 is 0 Å². The van der Waals surface area contributed by atoms with E-state index in [0.29, 0.717) is 22.2 Å². The summed E-state index contributed by atoms with van der Waals surface area (Å²) in [5.41, 5.74) is 6.24. The van der Waals surface area contributed by atoms with Crippen LogP contribution in [-0.2, 0) is 0 Å². The van der Waals surface area contributed by atoms with E-state index in [-0.39, 0.29) is 6.10 Å². The lowest BCUT2D eigenvalue weighted by atomic mass is 10.3. The summed E-state index contributed by atoms with van der Waals surface area (Å²) in [4.78, 5) is 0. The first-order valence-corrected chi connectivity index (χ1v) is 6.42. The predicted octanol–water partition coefficient (Wildman–Crippen LogP) is 4.50. The maximum absolute atomic E-state index is 6.05. The molecule has 0 amide bonds. The fraction of sp³-hybridized carbons (Fsp3) is 0.200. The molecular formula is C15H16ClNO2. The third kappa shape index (κ3) is 3.80. The first-order chi connectivity index (χ1) is 9.04. The van der Waals surface area contributed by atoms with Crippen molar-refractivity contribution in [1.82, 2.24) is 0 Å². The van der Waals surface area contributed by atoms with Crippen molar-refractivity contribution in [2.75, 3.05) is 5.73 Å². The van der Waals surface area contributed by atoms with Crippen molar-refractivity contribution in [3.05, 3.63) is 47.5 Å². The summed E-state index contributed by atoms with van der Waals surface area (Å²) < 4.78 is 11.2. The summed E-state index contributed by atoms with van der Waals surface area (Å²) in [6, 6.07) is 12.6. The quantitative estimate of drug-likeness (QED) is 0.837. The number of ether oxygens (including phenoxy) is 2. The van der Waals surface area contributed by atoms with Crippen LogP contribution in [0.2, 0.25) is 5.02 Å². The van der Waals surface area contributed by atoms with Gasteiger partial charge < -0.3 is 15.2 Å². The van der Waals surface area contributed by atoms with Crippen molar-refractivity contribution >= 4 is 17.3 Å². The molecule has 0 aliphatic heterocycles. The number of hydrogen-bond donors (Lipinski definition) is 1. The van der Waals surface area contributed by atoms with Crippen LogP contribution in [0.5, 0.6) is 17.2 Å². The molecule has 2 N–H and O–H groups in total. The molecule has 100 valence electrons. The van der Waals surface area contributed by atoms with Crippen molar-refractivity contribution in [3.63, 3.8) is 0 Å². The van der Waals surface area contributed by atoms with Gasteiger partial charge in [-0.15, -0.1) is 0 Å². The largest absolute Gasteiger partial charge is 0.491 e. The Balaban J connectivity index is 2.10. The lowest BCUT2D eigenvalue weighted by Gasteiger charge is -2.11. The van der Waals surface area contributed by atoms with E-state index in [0.717, 1.165) is 5.75 Å². The summed E-state index contributed by atoms with van der Waals surface area (Å²) in [6.45, 7) is 3.97. The fourth-order valence-electron chi connectivity index (χ4n) is 1.59. The molecule has 0 aromatic heterocycles. The average Bonchev–Trinajstić information content (AvgIpc) is 2.34. The van der Waals surface area contributed by atoms with Crippen LogP contribution in [-0.4, -0.2) is 6.10 Å². The number of anilines is 1. The first-order valence-electron chi connectivity index (χ1n) is 6.04. The second-order valence-electron chi connectivity index (χ2n) is 4.43. The van der Waals surface area contributed by atoms with Gasteiger partial charge >= 0.3 is 0 Å². The summed E-state index contributed by atoms with van der Waals surface area (Å²) >= 11 is 6.05. The lowest BCUT2D eigenvalue weighted by Crippen LogP contribution is -2.05. The Morgan fingerprint density at radius 3 is 2.21 bits per heavy atom. The second kappa shape index (κ2) is 5.85. The molecule has 2 aromatic rings. The van der Waals surface area contributed by atoms with Crippen LogP contribution in [0.15, 0.2) is 42.5 Å². The van der Waals surface area contributed by atoms with E-state index in [2.05, 4.69) is 0 Å². The Morgan fingerprint density at radius 2 is 1.63 bits per heavy atom. The van der Waals surface area contributed by atoms with E-state index in [4.69, 9.17) is 26.8 Å². The number of halogens is 1. The highest BCUT2D eigenvalue weighted by molar-refractivity contribution is 6.32. The van der Waals surface area contributed by atoms with Crippen LogP contribution in [0.1, 0.15) is 13.8 Å². The molecule has 0 unspecified atom stereocenters. The van der Waals surface area contributed by atoms with Crippen LogP contribution in [0, 0.1) is 0 Å². The van der Waals surface area contributed by atoms with E-state index in [1.165, 1.54) is 0 Å². The molecule has 0 saturated heterocycles. The topological polar surface area (TPSA) is 44.5 Å². The smallest absolute Gasteiger partial charge is 0.146 e. The minimum absolute atomic E-state index is 0.151. The molecule has 2 aromatic carbocycles. The van der Waals surface area contributed by atoms with E-state index >= 15 is 0 Å². The number of nitrogen functional groups attached to an aromatic ring is 1. The summed E-state index contributed by atoms with van der Waals surface area (Å²) in [5, 5.41) is 0.488. The standard InChI is InChI=1S/C15H16ClNO2/c1-10(2)18-12-4-6-13(7-5-12)19-15-8-3-11(17)9-14(15)16/h3-10H,17H2,1-2H3. The van der Waals surface area contributed by atoms with Gasteiger partial charge in [-0.05, 0) is 56.3 Å². The van der Waals surface area contributed by atoms with Gasteiger partial charge in [-0.3, -0.25) is 0 Å². The van der Waals surface area contributed by atoms with Crippen LogP contribution in [0.25, 0.3) is 0 Å². The Hall–Kier alpha value is -1.87. The van der Waals surface area contributed by atoms with Gasteiger partial charge in [0, 0.05) is 5.69 Å². The summed E-state index contributed by atoms with van der Waals surface area (Å²) in [6.07, 6.45) is 0.151. The predicted molar refractivity (Wildman–Crippen MR) is 78.1 cm³/mol. The zero-order valence-corrected chi connectivity index (χ0v) is 11.6. The SMILES string of the molecule is CC(C)Oc1ccc(Oc2ccc(N)cc2Cl)cc1. The summed E-state index contributed by atoms with van der Waals surface area (Å²) in [5.74, 6) is 2.09. The maximum atomic E-state index is 6.05. The average molecular weight is 278 g/mol. The highest BCUT2D eigenvalue weighted by atomic mass is 35.5. The van der Waals surface area contributed by atoms with Crippen molar-refractivity contribution in [2.24, 2.45) is 0 Å². The number of benzene rings is 2. The fourth-order valence-corrected chi connectivity index (χ4v) is 1.81. The maximum Gasteiger partial charge on any atom is 0.146 e. The van der Waals surface area contributed by atoms with Gasteiger partial charge in [-0.2, -0.15) is 0 Å². The normalized spacial score (nSPS) is 10.5. The minimum Gasteiger partial charge on any atom is -0.491 e. The van der Waals surface area contributed by atoms with Gasteiger partial charge in [0.15, 0.2) is 0 Å². The molecule has 0 aliphatic rings. The summed E-state index contributed by atoms with van der Waals surface area (Å²) in [7, 11) is 0. The lowest BCUT2D eigenvalue weighted by molar-refractivity contribution is 0.242.